The predicted molar refractivity (Wildman–Crippen MR) is 123 cm³/mol. The van der Waals surface area contributed by atoms with Crippen molar-refractivity contribution >= 4 is 39.9 Å². The van der Waals surface area contributed by atoms with Gasteiger partial charge in [0.25, 0.3) is 5.91 Å². The maximum absolute atomic E-state index is 13.5. The molecule has 11 heteroatoms. The van der Waals surface area contributed by atoms with E-state index in [1.807, 2.05) is 0 Å². The van der Waals surface area contributed by atoms with Gasteiger partial charge in [-0.2, -0.15) is 0 Å². The number of alkyl halides is 3. The van der Waals surface area contributed by atoms with Crippen molar-refractivity contribution in [2.45, 2.75) is 12.4 Å². The zero-order valence-corrected chi connectivity index (χ0v) is 18.7. The van der Waals surface area contributed by atoms with Crippen LogP contribution < -0.4 is 9.64 Å². The maximum Gasteiger partial charge on any atom is 0.573 e. The van der Waals surface area contributed by atoms with E-state index >= 15 is 0 Å². The Labute approximate surface area is 206 Å². The topological polar surface area (TPSA) is 92.9 Å². The van der Waals surface area contributed by atoms with Crippen LogP contribution in [0.4, 0.5) is 18.9 Å². The van der Waals surface area contributed by atoms with E-state index in [0.717, 1.165) is 17.0 Å². The standard InChI is InChI=1S/C25H14ClF3N2O5/c26-14-7-8-18-13(10-14)11-19(35-18)22(32)20-21(17-6-1-2-9-30-17)31(24(34)23(20)33)15-4-3-5-16(12-15)36-25(27,28)29/h1-12,21,33H. The highest BCUT2D eigenvalue weighted by molar-refractivity contribution is 6.31. The Kier molecular flexibility index (Phi) is 5.68. The minimum absolute atomic E-state index is 0.0526. The van der Waals surface area contributed by atoms with Crippen molar-refractivity contribution in [3.05, 3.63) is 101 Å². The summed E-state index contributed by atoms with van der Waals surface area (Å²) >= 11 is 6.00. The zero-order valence-electron chi connectivity index (χ0n) is 18.0. The number of benzene rings is 2. The van der Waals surface area contributed by atoms with E-state index in [0.29, 0.717) is 16.0 Å². The molecule has 1 aliphatic rings. The van der Waals surface area contributed by atoms with Gasteiger partial charge in [0.15, 0.2) is 11.5 Å². The van der Waals surface area contributed by atoms with Gasteiger partial charge in [-0.25, -0.2) is 0 Å². The Morgan fingerprint density at radius 3 is 2.61 bits per heavy atom. The Morgan fingerprint density at radius 1 is 1.08 bits per heavy atom. The van der Waals surface area contributed by atoms with E-state index in [1.54, 1.807) is 30.3 Å². The third kappa shape index (κ3) is 4.27. The monoisotopic (exact) mass is 514 g/mol. The number of aromatic nitrogens is 1. The fourth-order valence-electron chi connectivity index (χ4n) is 4.01. The first-order chi connectivity index (χ1) is 17.1. The van der Waals surface area contributed by atoms with Crippen molar-refractivity contribution in [3.63, 3.8) is 0 Å². The number of hydrogen-bond acceptors (Lipinski definition) is 6. The molecular weight excluding hydrogens is 501 g/mol. The van der Waals surface area contributed by atoms with E-state index in [4.69, 9.17) is 16.0 Å². The number of Topliss-reactive ketones (excluding diaryl/α,β-unsaturated/α-hetero) is 1. The van der Waals surface area contributed by atoms with Crippen molar-refractivity contribution in [1.82, 2.24) is 4.98 Å². The molecule has 7 nitrogen and oxygen atoms in total. The second-order valence-electron chi connectivity index (χ2n) is 7.76. The molecule has 2 aromatic heterocycles. The molecule has 1 N–H and O–H groups in total. The second kappa shape index (κ2) is 8.72. The minimum atomic E-state index is -4.96. The van der Waals surface area contributed by atoms with E-state index in [-0.39, 0.29) is 22.7 Å². The van der Waals surface area contributed by atoms with E-state index in [9.17, 15) is 27.9 Å². The van der Waals surface area contributed by atoms with Crippen LogP contribution in [-0.4, -0.2) is 28.1 Å². The molecule has 1 amide bonds. The van der Waals surface area contributed by atoms with Crippen LogP contribution in [0.25, 0.3) is 11.0 Å². The van der Waals surface area contributed by atoms with Gasteiger partial charge in [0.1, 0.15) is 17.4 Å². The van der Waals surface area contributed by atoms with Crippen LogP contribution >= 0.6 is 11.6 Å². The number of ether oxygens (including phenoxy) is 1. The first-order valence-electron chi connectivity index (χ1n) is 10.4. The van der Waals surface area contributed by atoms with Crippen molar-refractivity contribution in [3.8, 4) is 5.75 Å². The lowest BCUT2D eigenvalue weighted by Gasteiger charge is -2.26. The predicted octanol–water partition coefficient (Wildman–Crippen LogP) is 6.16. The fourth-order valence-corrected chi connectivity index (χ4v) is 4.19. The molecule has 0 bridgehead atoms. The SMILES string of the molecule is O=C(C1=C(O)C(=O)N(c2cccc(OC(F)(F)F)c2)C1c1ccccn1)c1cc2cc(Cl)ccc2o1. The maximum atomic E-state index is 13.5. The number of hydrogen-bond donors (Lipinski definition) is 1. The molecule has 2 aromatic carbocycles. The summed E-state index contributed by atoms with van der Waals surface area (Å²) in [7, 11) is 0. The lowest BCUT2D eigenvalue weighted by Crippen LogP contribution is -2.31. The number of carbonyl (C=O) groups excluding carboxylic acids is 2. The van der Waals surface area contributed by atoms with Crippen LogP contribution in [-0.2, 0) is 4.79 Å². The Bertz CT molecular complexity index is 1530. The number of aliphatic hydroxyl groups excluding tert-OH is 1. The van der Waals surface area contributed by atoms with Gasteiger partial charge in [0.05, 0.1) is 11.3 Å². The van der Waals surface area contributed by atoms with E-state index in [2.05, 4.69) is 9.72 Å². The smallest absolute Gasteiger partial charge is 0.503 e. The largest absolute Gasteiger partial charge is 0.573 e. The van der Waals surface area contributed by atoms with Gasteiger partial charge in [-0.05, 0) is 48.5 Å². The van der Waals surface area contributed by atoms with Crippen LogP contribution in [0.5, 0.6) is 5.75 Å². The van der Waals surface area contributed by atoms with Crippen LogP contribution in [0.15, 0.2) is 88.7 Å². The summed E-state index contributed by atoms with van der Waals surface area (Å²) in [6.07, 6.45) is -3.54. The van der Waals surface area contributed by atoms with Crippen LogP contribution in [0.1, 0.15) is 22.3 Å². The van der Waals surface area contributed by atoms with Gasteiger partial charge in [-0.1, -0.05) is 23.7 Å². The molecule has 1 unspecified atom stereocenters. The van der Waals surface area contributed by atoms with Crippen molar-refractivity contribution in [1.29, 1.82) is 0 Å². The lowest BCUT2D eigenvalue weighted by molar-refractivity contribution is -0.274. The number of halogens is 4. The first kappa shape index (κ1) is 23.4. The highest BCUT2D eigenvalue weighted by Crippen LogP contribution is 2.42. The number of aliphatic hydroxyl groups is 1. The first-order valence-corrected chi connectivity index (χ1v) is 10.8. The molecule has 36 heavy (non-hydrogen) atoms. The molecule has 0 saturated heterocycles. The summed E-state index contributed by atoms with van der Waals surface area (Å²) < 4.78 is 47.9. The van der Waals surface area contributed by atoms with Gasteiger partial charge < -0.3 is 14.3 Å². The third-order valence-corrected chi connectivity index (χ3v) is 5.69. The number of pyridine rings is 1. The van der Waals surface area contributed by atoms with Gasteiger partial charge in [0.2, 0.25) is 5.78 Å². The number of amides is 1. The Balaban J connectivity index is 1.61. The average Bonchev–Trinajstić information content (AvgIpc) is 3.37. The number of carbonyl (C=O) groups is 2. The molecule has 0 spiro atoms. The van der Waals surface area contributed by atoms with Crippen LogP contribution in [0.2, 0.25) is 5.02 Å². The fraction of sp³-hybridized carbons (Fsp3) is 0.0800. The van der Waals surface area contributed by atoms with Gasteiger partial charge in [0, 0.05) is 28.4 Å². The molecule has 1 atom stereocenters. The summed E-state index contributed by atoms with van der Waals surface area (Å²) in [6.45, 7) is 0. The van der Waals surface area contributed by atoms with Gasteiger partial charge in [-0.3, -0.25) is 19.5 Å². The van der Waals surface area contributed by atoms with Crippen LogP contribution in [0, 0.1) is 0 Å². The highest BCUT2D eigenvalue weighted by Gasteiger charge is 2.46. The molecule has 0 radical (unpaired) electrons. The molecule has 0 aliphatic carbocycles. The average molecular weight is 515 g/mol. The lowest BCUT2D eigenvalue weighted by atomic mass is 9.98. The summed E-state index contributed by atoms with van der Waals surface area (Å²) in [5.74, 6) is -3.43. The Morgan fingerprint density at radius 2 is 1.89 bits per heavy atom. The van der Waals surface area contributed by atoms with Crippen molar-refractivity contribution < 1.29 is 37.0 Å². The molecule has 4 aromatic rings. The van der Waals surface area contributed by atoms with E-state index < -0.39 is 35.6 Å². The minimum Gasteiger partial charge on any atom is -0.503 e. The number of fused-ring (bicyclic) bond motifs is 1. The quantitative estimate of drug-likeness (QED) is 0.320. The summed E-state index contributed by atoms with van der Waals surface area (Å²) in [4.78, 5) is 31.9. The van der Waals surface area contributed by atoms with Crippen molar-refractivity contribution in [2.24, 2.45) is 0 Å². The van der Waals surface area contributed by atoms with Crippen molar-refractivity contribution in [2.75, 3.05) is 4.90 Å². The normalized spacial score (nSPS) is 16.2. The third-order valence-electron chi connectivity index (χ3n) is 5.45. The Hall–Kier alpha value is -4.31. The van der Waals surface area contributed by atoms with Gasteiger partial charge >= 0.3 is 6.36 Å². The number of anilines is 1. The number of rotatable bonds is 5. The summed E-state index contributed by atoms with van der Waals surface area (Å²) in [6, 6.07) is 14.3. The molecule has 1 aliphatic heterocycles. The molecule has 5 rings (SSSR count). The summed E-state index contributed by atoms with van der Waals surface area (Å²) in [5.41, 5.74) is 0.157. The molecule has 3 heterocycles. The van der Waals surface area contributed by atoms with Gasteiger partial charge in [-0.15, -0.1) is 13.2 Å². The molecule has 182 valence electrons. The summed E-state index contributed by atoms with van der Waals surface area (Å²) in [5, 5.41) is 11.7. The second-order valence-corrected chi connectivity index (χ2v) is 8.20. The highest BCUT2D eigenvalue weighted by atomic mass is 35.5. The van der Waals surface area contributed by atoms with E-state index in [1.165, 1.54) is 30.5 Å². The molecule has 0 saturated carbocycles. The number of nitrogens with zero attached hydrogens (tertiary/aromatic N) is 2. The van der Waals surface area contributed by atoms with Crippen LogP contribution in [0.3, 0.4) is 0 Å². The molecular formula is C25H14ClF3N2O5. The molecule has 0 fully saturated rings. The zero-order chi connectivity index (χ0) is 25.6. The number of ketones is 1. The number of furan rings is 1.